The van der Waals surface area contributed by atoms with Crippen LogP contribution in [0.25, 0.3) is 11.1 Å². The molecule has 1 aromatic heterocycles. The SMILES string of the molecule is CS(=O)(=O)Nc1ccccc1-c1ccc(N2CCC[C@@H](NC(=O)Nc3ccc(OC(F)F)nc3)C2=O)cc1. The van der Waals surface area contributed by atoms with Crippen LogP contribution in [0.15, 0.2) is 66.9 Å². The van der Waals surface area contributed by atoms with Gasteiger partial charge >= 0.3 is 12.6 Å². The van der Waals surface area contributed by atoms with Gasteiger partial charge in [-0.15, -0.1) is 0 Å². The quantitative estimate of drug-likeness (QED) is 0.392. The molecule has 0 bridgehead atoms. The van der Waals surface area contributed by atoms with Gasteiger partial charge < -0.3 is 20.3 Å². The lowest BCUT2D eigenvalue weighted by Gasteiger charge is -2.32. The van der Waals surface area contributed by atoms with Gasteiger partial charge in [-0.05, 0) is 42.7 Å². The molecule has 200 valence electrons. The van der Waals surface area contributed by atoms with Gasteiger partial charge in [0.15, 0.2) is 0 Å². The molecular weight excluding hydrogens is 520 g/mol. The number of rotatable bonds is 8. The van der Waals surface area contributed by atoms with E-state index < -0.39 is 28.7 Å². The molecule has 0 aliphatic carbocycles. The van der Waals surface area contributed by atoms with E-state index in [1.165, 1.54) is 12.1 Å². The molecule has 2 aromatic carbocycles. The van der Waals surface area contributed by atoms with E-state index in [9.17, 15) is 26.8 Å². The van der Waals surface area contributed by atoms with Crippen LogP contribution in [-0.2, 0) is 14.8 Å². The zero-order valence-electron chi connectivity index (χ0n) is 20.2. The Balaban J connectivity index is 1.41. The molecule has 0 unspecified atom stereocenters. The second-order valence-electron chi connectivity index (χ2n) is 8.51. The molecule has 1 saturated heterocycles. The molecule has 10 nitrogen and oxygen atoms in total. The molecule has 4 rings (SSSR count). The summed E-state index contributed by atoms with van der Waals surface area (Å²) in [6, 6.07) is 15.2. The Morgan fingerprint density at radius 3 is 2.50 bits per heavy atom. The van der Waals surface area contributed by atoms with Crippen LogP contribution < -0.4 is 25.0 Å². The monoisotopic (exact) mass is 545 g/mol. The normalized spacial score (nSPS) is 15.7. The fraction of sp³-hybridized carbons (Fsp3) is 0.240. The van der Waals surface area contributed by atoms with E-state index in [-0.39, 0.29) is 17.5 Å². The number of nitrogens with one attached hydrogen (secondary N) is 3. The van der Waals surface area contributed by atoms with Crippen LogP contribution in [0.5, 0.6) is 5.88 Å². The largest absolute Gasteiger partial charge is 0.417 e. The van der Waals surface area contributed by atoms with Gasteiger partial charge in [0.25, 0.3) is 0 Å². The van der Waals surface area contributed by atoms with Crippen molar-refractivity contribution in [1.29, 1.82) is 0 Å². The molecule has 0 spiro atoms. The number of nitrogens with zero attached hydrogens (tertiary/aromatic N) is 2. The van der Waals surface area contributed by atoms with Crippen molar-refractivity contribution in [2.45, 2.75) is 25.5 Å². The number of hydrogen-bond acceptors (Lipinski definition) is 6. The van der Waals surface area contributed by atoms with Crippen molar-refractivity contribution in [1.82, 2.24) is 10.3 Å². The molecule has 2 heterocycles. The molecule has 0 radical (unpaired) electrons. The van der Waals surface area contributed by atoms with E-state index in [0.717, 1.165) is 18.0 Å². The number of alkyl halides is 2. The number of anilines is 3. The van der Waals surface area contributed by atoms with Crippen molar-refractivity contribution in [2.75, 3.05) is 27.7 Å². The van der Waals surface area contributed by atoms with Crippen molar-refractivity contribution in [3.63, 3.8) is 0 Å². The van der Waals surface area contributed by atoms with Crippen LogP contribution >= 0.6 is 0 Å². The van der Waals surface area contributed by atoms with Crippen LogP contribution in [-0.4, -0.2) is 50.8 Å². The number of piperidine rings is 1. The Labute approximate surface area is 218 Å². The summed E-state index contributed by atoms with van der Waals surface area (Å²) in [7, 11) is -3.46. The lowest BCUT2D eigenvalue weighted by atomic mass is 10.0. The third-order valence-corrected chi connectivity index (χ3v) is 6.25. The first-order valence-electron chi connectivity index (χ1n) is 11.6. The number of benzene rings is 2. The highest BCUT2D eigenvalue weighted by atomic mass is 32.2. The molecule has 1 aliphatic rings. The van der Waals surface area contributed by atoms with Crippen molar-refractivity contribution in [3.8, 4) is 17.0 Å². The minimum absolute atomic E-state index is 0.241. The number of pyridine rings is 1. The number of ether oxygens (including phenoxy) is 1. The number of carbonyl (C=O) groups excluding carboxylic acids is 2. The fourth-order valence-corrected chi connectivity index (χ4v) is 4.63. The highest BCUT2D eigenvalue weighted by Crippen LogP contribution is 2.31. The maximum atomic E-state index is 13.1. The van der Waals surface area contributed by atoms with E-state index in [1.54, 1.807) is 53.4 Å². The molecule has 1 atom stereocenters. The summed E-state index contributed by atoms with van der Waals surface area (Å²) >= 11 is 0. The van der Waals surface area contributed by atoms with E-state index in [2.05, 4.69) is 25.1 Å². The van der Waals surface area contributed by atoms with E-state index in [4.69, 9.17) is 0 Å². The van der Waals surface area contributed by atoms with Gasteiger partial charge in [0, 0.05) is 23.9 Å². The van der Waals surface area contributed by atoms with Gasteiger partial charge in [-0.25, -0.2) is 18.2 Å². The van der Waals surface area contributed by atoms with Gasteiger partial charge in [-0.3, -0.25) is 9.52 Å². The molecule has 13 heteroatoms. The van der Waals surface area contributed by atoms with Gasteiger partial charge in [0.05, 0.1) is 23.8 Å². The van der Waals surface area contributed by atoms with E-state index in [1.807, 2.05) is 0 Å². The number of carbonyl (C=O) groups is 2. The average Bonchev–Trinajstić information content (AvgIpc) is 2.86. The number of urea groups is 1. The Hall–Kier alpha value is -4.26. The maximum Gasteiger partial charge on any atom is 0.388 e. The van der Waals surface area contributed by atoms with Gasteiger partial charge in [0.2, 0.25) is 21.8 Å². The summed E-state index contributed by atoms with van der Waals surface area (Å²) in [6.07, 6.45) is 3.35. The van der Waals surface area contributed by atoms with Crippen molar-refractivity contribution < 1.29 is 31.5 Å². The molecular formula is C25H25F2N5O5S. The zero-order valence-corrected chi connectivity index (χ0v) is 21.0. The standard InChI is InChI=1S/C25H25F2N5O5S/c1-38(35,36)31-20-6-3-2-5-19(20)16-8-11-18(12-9-16)32-14-4-7-21(23(32)33)30-25(34)29-17-10-13-22(28-15-17)37-24(26)27/h2-3,5-6,8-13,15,21,24,31H,4,7,14H2,1H3,(H2,29,30,34)/t21-/m1/s1. The van der Waals surface area contributed by atoms with Crippen LogP contribution in [0.1, 0.15) is 12.8 Å². The molecule has 1 aliphatic heterocycles. The molecule has 3 N–H and O–H groups in total. The predicted octanol–water partition coefficient (Wildman–Crippen LogP) is 4.04. The zero-order chi connectivity index (χ0) is 27.3. The van der Waals surface area contributed by atoms with E-state index >= 15 is 0 Å². The Morgan fingerprint density at radius 2 is 1.84 bits per heavy atom. The third-order valence-electron chi connectivity index (χ3n) is 5.66. The number of halogens is 2. The van der Waals surface area contributed by atoms with Gasteiger partial charge in [0.1, 0.15) is 6.04 Å². The third kappa shape index (κ3) is 6.94. The number of para-hydroxylation sites is 1. The first kappa shape index (κ1) is 26.8. The lowest BCUT2D eigenvalue weighted by molar-refractivity contribution is -0.121. The Bertz CT molecular complexity index is 1400. The second kappa shape index (κ2) is 11.4. The summed E-state index contributed by atoms with van der Waals surface area (Å²) in [6.45, 7) is -2.53. The summed E-state index contributed by atoms with van der Waals surface area (Å²) in [4.78, 5) is 30.8. The smallest absolute Gasteiger partial charge is 0.388 e. The van der Waals surface area contributed by atoms with E-state index in [0.29, 0.717) is 36.3 Å². The maximum absolute atomic E-state index is 13.1. The molecule has 0 saturated carbocycles. The van der Waals surface area contributed by atoms with Crippen molar-refractivity contribution in [2.24, 2.45) is 0 Å². The van der Waals surface area contributed by atoms with Crippen molar-refractivity contribution in [3.05, 3.63) is 66.9 Å². The van der Waals surface area contributed by atoms with Crippen LogP contribution in [0.4, 0.5) is 30.6 Å². The highest BCUT2D eigenvalue weighted by molar-refractivity contribution is 7.92. The fourth-order valence-electron chi connectivity index (χ4n) is 4.05. The van der Waals surface area contributed by atoms with Crippen molar-refractivity contribution >= 4 is 39.0 Å². The number of hydrogen-bond donors (Lipinski definition) is 3. The van der Waals surface area contributed by atoms with Crippen LogP contribution in [0.3, 0.4) is 0 Å². The van der Waals surface area contributed by atoms with Crippen LogP contribution in [0, 0.1) is 0 Å². The number of sulfonamides is 1. The number of aromatic nitrogens is 1. The molecule has 3 amide bonds. The summed E-state index contributed by atoms with van der Waals surface area (Å²) in [5.74, 6) is -0.567. The van der Waals surface area contributed by atoms with Gasteiger partial charge in [-0.1, -0.05) is 30.3 Å². The highest BCUT2D eigenvalue weighted by Gasteiger charge is 2.31. The number of amides is 3. The minimum Gasteiger partial charge on any atom is -0.417 e. The average molecular weight is 546 g/mol. The second-order valence-corrected chi connectivity index (χ2v) is 10.3. The summed E-state index contributed by atoms with van der Waals surface area (Å²) in [5.41, 5.74) is 2.77. The lowest BCUT2D eigenvalue weighted by Crippen LogP contribution is -2.53. The molecule has 1 fully saturated rings. The topological polar surface area (TPSA) is 130 Å². The minimum atomic E-state index is -3.46. The van der Waals surface area contributed by atoms with Gasteiger partial charge in [-0.2, -0.15) is 8.78 Å². The predicted molar refractivity (Wildman–Crippen MR) is 139 cm³/mol. The summed E-state index contributed by atoms with van der Waals surface area (Å²) < 4.78 is 54.6. The summed E-state index contributed by atoms with van der Waals surface area (Å²) in [5, 5.41) is 5.16. The molecule has 38 heavy (non-hydrogen) atoms. The first-order valence-corrected chi connectivity index (χ1v) is 13.5. The Kier molecular flexibility index (Phi) is 8.05. The Morgan fingerprint density at radius 1 is 1.11 bits per heavy atom. The first-order chi connectivity index (χ1) is 18.1. The van der Waals surface area contributed by atoms with Crippen LogP contribution in [0.2, 0.25) is 0 Å². The molecule has 3 aromatic rings.